The highest BCUT2D eigenvalue weighted by atomic mass is 16.3. The lowest BCUT2D eigenvalue weighted by atomic mass is 9.83. The van der Waals surface area contributed by atoms with Gasteiger partial charge in [-0.1, -0.05) is 49.4 Å². The van der Waals surface area contributed by atoms with E-state index >= 15 is 0 Å². The van der Waals surface area contributed by atoms with Crippen LogP contribution >= 0.6 is 0 Å². The van der Waals surface area contributed by atoms with Gasteiger partial charge in [0.2, 0.25) is 5.91 Å². The third-order valence-corrected chi connectivity index (χ3v) is 7.40. The summed E-state index contributed by atoms with van der Waals surface area (Å²) < 4.78 is 0. The number of anilines is 2. The molecule has 0 aliphatic carbocycles. The Morgan fingerprint density at radius 2 is 1.87 bits per heavy atom. The van der Waals surface area contributed by atoms with Gasteiger partial charge in [-0.15, -0.1) is 0 Å². The summed E-state index contributed by atoms with van der Waals surface area (Å²) >= 11 is 0. The number of aliphatic hydroxyl groups excluding tert-OH is 2. The highest BCUT2D eigenvalue weighted by Crippen LogP contribution is 2.45. The van der Waals surface area contributed by atoms with Gasteiger partial charge in [0.25, 0.3) is 11.8 Å². The standard InChI is InChI=1S/C29H35N3O6/c1-19(7-5-11-26(35)31-16-6-8-23(31)18-33)29(38)24-9-3-4-10-25(24)32(28(29)37)17-21-12-14-22(15-13-21)30-27(36)20(2)34/h3-5,7,9-10,12-15,19-20,23,33-34,38H,6,8,11,16-18H2,1-2H3,(H,30,36)/b7-5+/t19-,20+,23+,29+/m1/s1. The van der Waals surface area contributed by atoms with Crippen molar-refractivity contribution in [1.82, 2.24) is 4.90 Å². The fourth-order valence-corrected chi connectivity index (χ4v) is 5.16. The van der Waals surface area contributed by atoms with Crippen molar-refractivity contribution in [3.05, 3.63) is 71.8 Å². The van der Waals surface area contributed by atoms with Crippen LogP contribution in [0.5, 0.6) is 0 Å². The Kier molecular flexibility index (Phi) is 8.30. The van der Waals surface area contributed by atoms with E-state index in [9.17, 15) is 29.7 Å². The molecular formula is C29H35N3O6. The smallest absolute Gasteiger partial charge is 0.264 e. The molecule has 2 aromatic carbocycles. The van der Waals surface area contributed by atoms with Crippen molar-refractivity contribution in [3.63, 3.8) is 0 Å². The number of hydrogen-bond donors (Lipinski definition) is 4. The SMILES string of the molecule is C[C@H](O)C(=O)Nc1ccc(CN2C(=O)[C@](O)([C@H](C)/C=C/CC(=O)N3CCC[C@H]3CO)c3ccccc32)cc1. The molecule has 0 aromatic heterocycles. The van der Waals surface area contributed by atoms with Crippen LogP contribution in [0.3, 0.4) is 0 Å². The number of fused-ring (bicyclic) bond motifs is 1. The maximum absolute atomic E-state index is 13.7. The van der Waals surface area contributed by atoms with Gasteiger partial charge < -0.3 is 30.4 Å². The normalized spacial score (nSPS) is 22.6. The number of aliphatic hydroxyl groups is 3. The van der Waals surface area contributed by atoms with Crippen molar-refractivity contribution in [2.24, 2.45) is 5.92 Å². The first-order valence-corrected chi connectivity index (χ1v) is 13.0. The summed E-state index contributed by atoms with van der Waals surface area (Å²) in [5.41, 5.74) is 0.657. The number of carbonyl (C=O) groups excluding carboxylic acids is 3. The van der Waals surface area contributed by atoms with Crippen LogP contribution in [0.15, 0.2) is 60.7 Å². The van der Waals surface area contributed by atoms with Crippen molar-refractivity contribution in [3.8, 4) is 0 Å². The third kappa shape index (κ3) is 5.36. The number of carbonyl (C=O) groups is 3. The van der Waals surface area contributed by atoms with E-state index in [4.69, 9.17) is 0 Å². The molecule has 0 saturated carbocycles. The molecule has 9 heteroatoms. The van der Waals surface area contributed by atoms with Gasteiger partial charge in [0, 0.05) is 30.1 Å². The Hall–Kier alpha value is -3.53. The molecule has 2 aliphatic rings. The highest BCUT2D eigenvalue weighted by Gasteiger charge is 2.52. The van der Waals surface area contributed by atoms with Crippen molar-refractivity contribution in [2.75, 3.05) is 23.4 Å². The summed E-state index contributed by atoms with van der Waals surface area (Å²) in [6.07, 6.45) is 4.07. The van der Waals surface area contributed by atoms with E-state index < -0.39 is 29.4 Å². The molecule has 4 N–H and O–H groups in total. The van der Waals surface area contributed by atoms with Crippen LogP contribution in [-0.4, -0.2) is 63.2 Å². The molecule has 4 rings (SSSR count). The molecular weight excluding hydrogens is 486 g/mol. The van der Waals surface area contributed by atoms with Gasteiger partial charge in [-0.3, -0.25) is 14.4 Å². The first-order chi connectivity index (χ1) is 18.2. The van der Waals surface area contributed by atoms with Gasteiger partial charge in [-0.2, -0.15) is 0 Å². The van der Waals surface area contributed by atoms with Crippen LogP contribution in [0.25, 0.3) is 0 Å². The Morgan fingerprint density at radius 3 is 2.55 bits per heavy atom. The van der Waals surface area contributed by atoms with Crippen LogP contribution < -0.4 is 10.2 Å². The van der Waals surface area contributed by atoms with Crippen LogP contribution in [-0.2, 0) is 26.5 Å². The zero-order valence-electron chi connectivity index (χ0n) is 21.7. The quantitative estimate of drug-likeness (QED) is 0.375. The van der Waals surface area contributed by atoms with Gasteiger partial charge in [0.15, 0.2) is 5.60 Å². The molecule has 2 aliphatic heterocycles. The largest absolute Gasteiger partial charge is 0.394 e. The summed E-state index contributed by atoms with van der Waals surface area (Å²) in [5, 5.41) is 33.2. The van der Waals surface area contributed by atoms with Crippen molar-refractivity contribution < 1.29 is 29.7 Å². The van der Waals surface area contributed by atoms with Gasteiger partial charge in [0.05, 0.1) is 24.9 Å². The van der Waals surface area contributed by atoms with E-state index in [1.54, 1.807) is 71.3 Å². The summed E-state index contributed by atoms with van der Waals surface area (Å²) in [5.74, 6) is -1.64. The zero-order chi connectivity index (χ0) is 27.4. The Balaban J connectivity index is 1.48. The minimum Gasteiger partial charge on any atom is -0.394 e. The van der Waals surface area contributed by atoms with E-state index in [0.717, 1.165) is 18.4 Å². The molecule has 1 saturated heterocycles. The second kappa shape index (κ2) is 11.5. The number of para-hydroxylation sites is 1. The number of hydrogen-bond acceptors (Lipinski definition) is 6. The lowest BCUT2D eigenvalue weighted by molar-refractivity contribution is -0.139. The molecule has 2 heterocycles. The summed E-state index contributed by atoms with van der Waals surface area (Å²) in [7, 11) is 0. The minimum atomic E-state index is -1.79. The fourth-order valence-electron chi connectivity index (χ4n) is 5.16. The molecule has 3 amide bonds. The maximum Gasteiger partial charge on any atom is 0.264 e. The number of likely N-dealkylation sites (tertiary alicyclic amines) is 1. The fraction of sp³-hybridized carbons (Fsp3) is 0.414. The summed E-state index contributed by atoms with van der Waals surface area (Å²) in [6, 6.07) is 13.9. The van der Waals surface area contributed by atoms with Gasteiger partial charge in [-0.05, 0) is 43.5 Å². The number of benzene rings is 2. The Bertz CT molecular complexity index is 1210. The van der Waals surface area contributed by atoms with Crippen molar-refractivity contribution >= 4 is 29.1 Å². The van der Waals surface area contributed by atoms with Gasteiger partial charge in [0.1, 0.15) is 6.10 Å². The molecule has 0 unspecified atom stereocenters. The van der Waals surface area contributed by atoms with E-state index in [1.165, 1.54) is 6.92 Å². The summed E-state index contributed by atoms with van der Waals surface area (Å²) in [4.78, 5) is 41.2. The lowest BCUT2D eigenvalue weighted by Crippen LogP contribution is -2.44. The summed E-state index contributed by atoms with van der Waals surface area (Å²) in [6.45, 7) is 3.94. The molecule has 9 nitrogen and oxygen atoms in total. The average molecular weight is 522 g/mol. The molecule has 0 spiro atoms. The van der Waals surface area contributed by atoms with E-state index in [0.29, 0.717) is 23.5 Å². The van der Waals surface area contributed by atoms with E-state index in [-0.39, 0.29) is 31.5 Å². The average Bonchev–Trinajstić information content (AvgIpc) is 3.48. The maximum atomic E-state index is 13.7. The van der Waals surface area contributed by atoms with E-state index in [1.807, 2.05) is 6.07 Å². The Morgan fingerprint density at radius 1 is 1.16 bits per heavy atom. The van der Waals surface area contributed by atoms with E-state index in [2.05, 4.69) is 5.32 Å². The molecule has 0 radical (unpaired) electrons. The van der Waals surface area contributed by atoms with Crippen molar-refractivity contribution in [2.45, 2.75) is 57.4 Å². The van der Waals surface area contributed by atoms with Crippen LogP contribution in [0.2, 0.25) is 0 Å². The molecule has 0 bridgehead atoms. The molecule has 4 atom stereocenters. The topological polar surface area (TPSA) is 130 Å². The highest BCUT2D eigenvalue weighted by molar-refractivity contribution is 6.07. The van der Waals surface area contributed by atoms with Crippen molar-refractivity contribution in [1.29, 1.82) is 0 Å². The molecule has 202 valence electrons. The molecule has 38 heavy (non-hydrogen) atoms. The van der Waals surface area contributed by atoms with Crippen LogP contribution in [0, 0.1) is 5.92 Å². The number of amides is 3. The first-order valence-electron chi connectivity index (χ1n) is 13.0. The predicted molar refractivity (Wildman–Crippen MR) is 143 cm³/mol. The number of nitrogens with zero attached hydrogens (tertiary/aromatic N) is 2. The number of nitrogens with one attached hydrogen (secondary N) is 1. The molecule has 2 aromatic rings. The lowest BCUT2D eigenvalue weighted by Gasteiger charge is -2.28. The second-order valence-electron chi connectivity index (χ2n) is 10.0. The van der Waals surface area contributed by atoms with Crippen LogP contribution in [0.4, 0.5) is 11.4 Å². The first kappa shape index (κ1) is 27.5. The Labute approximate surface area is 222 Å². The molecule has 1 fully saturated rings. The second-order valence-corrected chi connectivity index (χ2v) is 10.0. The number of rotatable bonds is 9. The monoisotopic (exact) mass is 521 g/mol. The minimum absolute atomic E-state index is 0.0496. The van der Waals surface area contributed by atoms with Crippen LogP contribution in [0.1, 0.15) is 44.2 Å². The van der Waals surface area contributed by atoms with Gasteiger partial charge in [-0.25, -0.2) is 0 Å². The third-order valence-electron chi connectivity index (χ3n) is 7.40. The predicted octanol–water partition coefficient (Wildman–Crippen LogP) is 2.31. The van der Waals surface area contributed by atoms with Gasteiger partial charge >= 0.3 is 0 Å². The zero-order valence-corrected chi connectivity index (χ0v) is 21.7.